The Balaban J connectivity index is 0.000000191. The van der Waals surface area contributed by atoms with E-state index in [0.29, 0.717) is 130 Å². The second-order valence-electron chi connectivity index (χ2n) is 26.5. The molecule has 5 amide bonds. The van der Waals surface area contributed by atoms with Gasteiger partial charge in [-0.15, -0.1) is 6.42 Å². The van der Waals surface area contributed by atoms with Crippen LogP contribution in [0.25, 0.3) is 0 Å². The van der Waals surface area contributed by atoms with Crippen LogP contribution in [0.5, 0.6) is 63.4 Å². The molecule has 124 heavy (non-hydrogen) atoms. The third kappa shape index (κ3) is 30.5. The third-order valence-corrected chi connectivity index (χ3v) is 17.1. The molecule has 626 valence electrons. The molecule has 0 atom stereocenters. The quantitative estimate of drug-likeness (QED) is 0.0418. The molecular formula is C100H91Cl2N11O11. The van der Waals surface area contributed by atoms with Gasteiger partial charge in [-0.2, -0.15) is 0 Å². The van der Waals surface area contributed by atoms with Crippen molar-refractivity contribution in [1.82, 2.24) is 29.9 Å². The Kier molecular flexibility index (Phi) is 36.0. The van der Waals surface area contributed by atoms with Crippen LogP contribution in [0.3, 0.4) is 0 Å². The predicted octanol–water partition coefficient (Wildman–Crippen LogP) is 24.8. The first kappa shape index (κ1) is 93.7. The fourth-order valence-corrected chi connectivity index (χ4v) is 11.5. The maximum absolute atomic E-state index is 12.4. The van der Waals surface area contributed by atoms with E-state index in [9.17, 15) is 24.0 Å². The first-order valence-electron chi connectivity index (χ1n) is 37.4. The Bertz CT molecular complexity index is 5950. The molecule has 0 bridgehead atoms. The Morgan fingerprint density at radius 3 is 0.984 bits per heavy atom. The molecule has 9 aromatic carbocycles. The number of benzene rings is 9. The average Bonchev–Trinajstić information content (AvgIpc) is 0.851. The number of ether oxygens (including phenoxy) is 6. The highest BCUT2D eigenvalue weighted by Gasteiger charge is 2.16. The summed E-state index contributed by atoms with van der Waals surface area (Å²) < 4.78 is 33.7. The number of pyridine rings is 6. The second-order valence-corrected chi connectivity index (χ2v) is 27.3. The van der Waals surface area contributed by atoms with Crippen molar-refractivity contribution in [3.63, 3.8) is 0 Å². The molecule has 5 N–H and O–H groups in total. The van der Waals surface area contributed by atoms with E-state index in [1.54, 1.807) is 207 Å². The largest absolute Gasteiger partial charge is 0.481 e. The van der Waals surface area contributed by atoms with E-state index >= 15 is 0 Å². The molecular weight excluding hydrogens is 1600 g/mol. The number of carbonyl (C=O) groups excluding carboxylic acids is 5. The highest BCUT2D eigenvalue weighted by molar-refractivity contribution is 6.31. The SMILES string of the molecule is C.C.C.C#Cc1cccc(C(=O)Nc2cc(Cl)cc(Oc3ccc(C)nc3)c2)c1.COc1cccc(C(=O)Nc2cccc(Oc3cccnc3)c2)n1.Cc1cccc(C(=O)Nc2cc(Cl)cc(Oc3ccc(C)nc3)c2)c1.Cc1cccc(C(=O)Nc2cccc(Oc3cccnc3)c2)c1.Cc1cccc(C(=O)Nc2cccc(Oc3cccnc3)c2)c1. The Labute approximate surface area is 731 Å². The van der Waals surface area contributed by atoms with Crippen LogP contribution >= 0.6 is 23.2 Å². The first-order valence-corrected chi connectivity index (χ1v) is 38.1. The summed E-state index contributed by atoms with van der Waals surface area (Å²) in [5.74, 6) is 7.78. The fraction of sp³-hybridized carbons (Fsp3) is 0.0900. The summed E-state index contributed by atoms with van der Waals surface area (Å²) in [5.41, 5.74) is 11.2. The van der Waals surface area contributed by atoms with Gasteiger partial charge in [-0.05, 0) is 217 Å². The van der Waals surface area contributed by atoms with Crippen LogP contribution in [0.4, 0.5) is 28.4 Å². The van der Waals surface area contributed by atoms with Crippen LogP contribution in [-0.4, -0.2) is 66.5 Å². The number of terminal acetylenes is 1. The van der Waals surface area contributed by atoms with Gasteiger partial charge in [0.15, 0.2) is 0 Å². The highest BCUT2D eigenvalue weighted by atomic mass is 35.5. The van der Waals surface area contributed by atoms with E-state index < -0.39 is 0 Å². The van der Waals surface area contributed by atoms with Crippen LogP contribution in [0.15, 0.2) is 335 Å². The topological polar surface area (TPSA) is 278 Å². The van der Waals surface area contributed by atoms with Crippen LogP contribution < -0.4 is 55.0 Å². The first-order chi connectivity index (χ1) is 58.7. The summed E-state index contributed by atoms with van der Waals surface area (Å²) in [5, 5.41) is 15.1. The van der Waals surface area contributed by atoms with Crippen molar-refractivity contribution in [3.8, 4) is 75.7 Å². The lowest BCUT2D eigenvalue weighted by Crippen LogP contribution is -2.13. The molecule has 0 aliphatic carbocycles. The summed E-state index contributed by atoms with van der Waals surface area (Å²) in [6.45, 7) is 9.66. The molecule has 0 fully saturated rings. The number of carbonyl (C=O) groups is 5. The van der Waals surface area contributed by atoms with Crippen LogP contribution in [0, 0.1) is 47.0 Å². The van der Waals surface area contributed by atoms with Gasteiger partial charge in [-0.1, -0.05) is 135 Å². The number of nitrogens with one attached hydrogen (secondary N) is 5. The predicted molar refractivity (Wildman–Crippen MR) is 492 cm³/mol. The number of amides is 5. The van der Waals surface area contributed by atoms with Crippen LogP contribution in [-0.2, 0) is 0 Å². The highest BCUT2D eigenvalue weighted by Crippen LogP contribution is 2.33. The standard InChI is InChI=1S/C21H15ClN2O2.C20H17ClN2O2.2C19H16N2O2.C18H15N3O3.3CH4/c1-3-15-5-4-6-16(9-15)21(25)24-18-10-17(22)11-20(12-18)26-19-8-7-14(2)23-13-19;1-13-4-3-5-15(8-13)20(24)23-17-9-16(21)10-19(11-17)25-18-7-6-14(2)22-12-18;2*1-14-5-2-6-15(11-14)19(22)21-16-7-3-8-17(12-16)23-18-9-4-10-20-13-18;1-23-17-9-3-8-16(21-17)18(22)20-13-5-2-6-14(11-13)24-15-7-4-10-19-12-15;;;/h1,4-13H,2H3,(H,24,25);3-12H,1-2H3,(H,23,24);2*2-13H,1H3,(H,21,22);2-12H,1H3,(H,20,22);3*1H4. The van der Waals surface area contributed by atoms with Gasteiger partial charge in [0.1, 0.15) is 63.2 Å². The lowest BCUT2D eigenvalue weighted by atomic mass is 10.1. The molecule has 6 aromatic heterocycles. The van der Waals surface area contributed by atoms with E-state index in [1.165, 1.54) is 7.11 Å². The lowest BCUT2D eigenvalue weighted by Gasteiger charge is -2.10. The molecule has 0 saturated heterocycles. The number of nitrogens with zero attached hydrogens (tertiary/aromatic N) is 6. The van der Waals surface area contributed by atoms with Crippen molar-refractivity contribution in [2.45, 2.75) is 56.9 Å². The number of aromatic nitrogens is 6. The van der Waals surface area contributed by atoms with Crippen molar-refractivity contribution < 1.29 is 52.4 Å². The number of aryl methyl sites for hydroxylation is 5. The average molecular weight is 1690 g/mol. The molecule has 24 heteroatoms. The van der Waals surface area contributed by atoms with E-state index in [0.717, 1.165) is 28.1 Å². The molecule has 22 nitrogen and oxygen atoms in total. The van der Waals surface area contributed by atoms with Gasteiger partial charge >= 0.3 is 0 Å². The van der Waals surface area contributed by atoms with Crippen LogP contribution in [0.1, 0.15) is 108 Å². The van der Waals surface area contributed by atoms with Gasteiger partial charge in [0.2, 0.25) is 5.88 Å². The molecule has 0 aliphatic rings. The normalized spacial score (nSPS) is 9.90. The summed E-state index contributed by atoms with van der Waals surface area (Å²) in [6, 6.07) is 84.1. The van der Waals surface area contributed by atoms with E-state index in [4.69, 9.17) is 58.0 Å². The van der Waals surface area contributed by atoms with Crippen molar-refractivity contribution in [2.24, 2.45) is 0 Å². The molecule has 0 spiro atoms. The third-order valence-electron chi connectivity index (χ3n) is 16.7. The molecule has 6 heterocycles. The molecule has 15 aromatic rings. The van der Waals surface area contributed by atoms with Gasteiger partial charge in [0, 0.05) is 133 Å². The number of rotatable bonds is 21. The van der Waals surface area contributed by atoms with Crippen molar-refractivity contribution in [3.05, 3.63) is 406 Å². The number of methoxy groups -OCH3 is 1. The van der Waals surface area contributed by atoms with Crippen LogP contribution in [0.2, 0.25) is 10.0 Å². The van der Waals surface area contributed by atoms with Gasteiger partial charge in [0.25, 0.3) is 29.5 Å². The van der Waals surface area contributed by atoms with Gasteiger partial charge in [-0.25, -0.2) is 4.98 Å². The minimum Gasteiger partial charge on any atom is -0.481 e. The Morgan fingerprint density at radius 1 is 0.315 bits per heavy atom. The number of hydrogen-bond acceptors (Lipinski definition) is 17. The van der Waals surface area contributed by atoms with Gasteiger partial charge in [-0.3, -0.25) is 48.9 Å². The molecule has 0 radical (unpaired) electrons. The van der Waals surface area contributed by atoms with Gasteiger partial charge < -0.3 is 55.0 Å². The van der Waals surface area contributed by atoms with Crippen molar-refractivity contribution in [1.29, 1.82) is 0 Å². The van der Waals surface area contributed by atoms with E-state index in [2.05, 4.69) is 62.4 Å². The van der Waals surface area contributed by atoms with E-state index in [1.807, 2.05) is 162 Å². The van der Waals surface area contributed by atoms with Crippen molar-refractivity contribution >= 4 is 81.2 Å². The minimum atomic E-state index is -0.326. The zero-order chi connectivity index (χ0) is 85.2. The van der Waals surface area contributed by atoms with Crippen molar-refractivity contribution in [2.75, 3.05) is 33.7 Å². The number of anilines is 5. The summed E-state index contributed by atoms with van der Waals surface area (Å²) in [4.78, 5) is 86.1. The summed E-state index contributed by atoms with van der Waals surface area (Å²) in [6.07, 6.45) is 18.6. The molecule has 0 saturated carbocycles. The van der Waals surface area contributed by atoms with E-state index in [-0.39, 0.29) is 57.5 Å². The molecule has 0 aliphatic heterocycles. The second kappa shape index (κ2) is 47.7. The number of hydrogen-bond donors (Lipinski definition) is 5. The molecule has 0 unspecified atom stereocenters. The smallest absolute Gasteiger partial charge is 0.274 e. The number of halogens is 2. The maximum Gasteiger partial charge on any atom is 0.274 e. The van der Waals surface area contributed by atoms with Gasteiger partial charge in [0.05, 0.1) is 38.1 Å². The lowest BCUT2D eigenvalue weighted by molar-refractivity contribution is 0.101. The maximum atomic E-state index is 12.4. The fourth-order valence-electron chi connectivity index (χ4n) is 11.0. The summed E-state index contributed by atoms with van der Waals surface area (Å²) in [7, 11) is 1.50. The molecule has 15 rings (SSSR count). The zero-order valence-electron chi connectivity index (χ0n) is 66.3. The monoisotopic (exact) mass is 1690 g/mol. The Hall–Kier alpha value is -15.8. The Morgan fingerprint density at radius 2 is 0.637 bits per heavy atom. The minimum absolute atomic E-state index is 0. The summed E-state index contributed by atoms with van der Waals surface area (Å²) >= 11 is 12.3. The zero-order valence-corrected chi connectivity index (χ0v) is 67.8.